The molecule has 1 heterocycles. The molecule has 1 saturated carbocycles. The van der Waals surface area contributed by atoms with Gasteiger partial charge in [-0.25, -0.2) is 0 Å². The Kier molecular flexibility index (Phi) is 6.08. The number of carbonyl (C=O) groups is 2. The normalized spacial score (nSPS) is 14.8. The van der Waals surface area contributed by atoms with Crippen LogP contribution >= 0.6 is 15.9 Å². The molecule has 3 rings (SSSR count). The van der Waals surface area contributed by atoms with E-state index in [-0.39, 0.29) is 24.4 Å². The van der Waals surface area contributed by atoms with Gasteiger partial charge in [0.25, 0.3) is 5.91 Å². The van der Waals surface area contributed by atoms with Gasteiger partial charge in [-0.15, -0.1) is 0 Å². The fourth-order valence-electron chi connectivity index (χ4n) is 3.31. The number of aryl methyl sites for hydroxylation is 1. The number of halogens is 1. The van der Waals surface area contributed by atoms with E-state index >= 15 is 0 Å². The third kappa shape index (κ3) is 4.72. The van der Waals surface area contributed by atoms with Crippen molar-refractivity contribution in [2.75, 3.05) is 11.9 Å². The zero-order valence-electron chi connectivity index (χ0n) is 14.7. The standard InChI is InChI=1S/C19H22BrN3O3/c1-13-10-17(22-26-13)21-18(24)12-23(16-8-3-2-4-9-16)19(25)14-6-5-7-15(20)11-14/h5-7,10-11,16H,2-4,8-9,12H2,1H3,(H,21,22,24). The minimum absolute atomic E-state index is 0.00191. The molecule has 1 N–H and O–H groups in total. The molecule has 138 valence electrons. The first-order valence-electron chi connectivity index (χ1n) is 8.82. The average Bonchev–Trinajstić information content (AvgIpc) is 3.04. The third-order valence-electron chi connectivity index (χ3n) is 4.56. The number of carbonyl (C=O) groups excluding carboxylic acids is 2. The molecule has 0 atom stereocenters. The first kappa shape index (κ1) is 18.6. The smallest absolute Gasteiger partial charge is 0.254 e. The quantitative estimate of drug-likeness (QED) is 0.788. The Bertz CT molecular complexity index is 784. The summed E-state index contributed by atoms with van der Waals surface area (Å²) in [4.78, 5) is 27.3. The first-order valence-corrected chi connectivity index (χ1v) is 9.62. The molecule has 0 unspecified atom stereocenters. The predicted molar refractivity (Wildman–Crippen MR) is 102 cm³/mol. The van der Waals surface area contributed by atoms with Crippen LogP contribution in [0.4, 0.5) is 5.82 Å². The van der Waals surface area contributed by atoms with Gasteiger partial charge < -0.3 is 14.7 Å². The molecule has 1 aromatic carbocycles. The van der Waals surface area contributed by atoms with Crippen molar-refractivity contribution in [1.82, 2.24) is 10.1 Å². The molecular formula is C19H22BrN3O3. The molecule has 2 aromatic rings. The van der Waals surface area contributed by atoms with E-state index in [1.54, 1.807) is 30.0 Å². The Balaban J connectivity index is 1.76. The molecule has 0 aliphatic heterocycles. The predicted octanol–water partition coefficient (Wildman–Crippen LogP) is 4.16. The Labute approximate surface area is 161 Å². The summed E-state index contributed by atoms with van der Waals surface area (Å²) in [5, 5.41) is 6.48. The molecular weight excluding hydrogens is 398 g/mol. The molecule has 2 amide bonds. The van der Waals surface area contributed by atoms with Gasteiger partial charge in [-0.2, -0.15) is 0 Å². The van der Waals surface area contributed by atoms with Crippen LogP contribution in [0.2, 0.25) is 0 Å². The number of hydrogen-bond donors (Lipinski definition) is 1. The highest BCUT2D eigenvalue weighted by molar-refractivity contribution is 9.10. The van der Waals surface area contributed by atoms with E-state index in [1.807, 2.05) is 12.1 Å². The van der Waals surface area contributed by atoms with Crippen molar-refractivity contribution in [3.8, 4) is 0 Å². The third-order valence-corrected chi connectivity index (χ3v) is 5.05. The summed E-state index contributed by atoms with van der Waals surface area (Å²) >= 11 is 3.40. The fourth-order valence-corrected chi connectivity index (χ4v) is 3.71. The van der Waals surface area contributed by atoms with Gasteiger partial charge in [-0.1, -0.05) is 46.4 Å². The second-order valence-corrected chi connectivity index (χ2v) is 7.52. The number of nitrogens with one attached hydrogen (secondary N) is 1. The summed E-state index contributed by atoms with van der Waals surface area (Å²) < 4.78 is 5.81. The fraction of sp³-hybridized carbons (Fsp3) is 0.421. The Morgan fingerprint density at radius 1 is 1.27 bits per heavy atom. The maximum atomic E-state index is 13.1. The molecule has 0 saturated heterocycles. The van der Waals surface area contributed by atoms with Crippen LogP contribution in [0.25, 0.3) is 0 Å². The zero-order chi connectivity index (χ0) is 18.5. The summed E-state index contributed by atoms with van der Waals surface area (Å²) in [6, 6.07) is 9.01. The summed E-state index contributed by atoms with van der Waals surface area (Å²) in [6.07, 6.45) is 5.19. The Morgan fingerprint density at radius 2 is 2.04 bits per heavy atom. The average molecular weight is 420 g/mol. The van der Waals surface area contributed by atoms with Gasteiger partial charge in [0.05, 0.1) is 0 Å². The van der Waals surface area contributed by atoms with Crippen molar-refractivity contribution in [3.05, 3.63) is 46.1 Å². The first-order chi connectivity index (χ1) is 12.5. The molecule has 0 radical (unpaired) electrons. The van der Waals surface area contributed by atoms with Crippen molar-refractivity contribution in [3.63, 3.8) is 0 Å². The molecule has 7 heteroatoms. The zero-order valence-corrected chi connectivity index (χ0v) is 16.3. The summed E-state index contributed by atoms with van der Waals surface area (Å²) in [6.45, 7) is 1.76. The van der Waals surface area contributed by atoms with E-state index in [0.29, 0.717) is 17.1 Å². The van der Waals surface area contributed by atoms with E-state index in [0.717, 1.165) is 30.2 Å². The molecule has 1 aliphatic rings. The van der Waals surface area contributed by atoms with Crippen molar-refractivity contribution < 1.29 is 14.1 Å². The molecule has 6 nitrogen and oxygen atoms in total. The number of amides is 2. The number of hydrogen-bond acceptors (Lipinski definition) is 4. The second kappa shape index (κ2) is 8.49. The van der Waals surface area contributed by atoms with Gasteiger partial charge in [0, 0.05) is 22.1 Å². The number of benzene rings is 1. The van der Waals surface area contributed by atoms with Gasteiger partial charge in [0.1, 0.15) is 12.3 Å². The van der Waals surface area contributed by atoms with Crippen LogP contribution in [0.5, 0.6) is 0 Å². The lowest BCUT2D eigenvalue weighted by Gasteiger charge is -2.34. The van der Waals surface area contributed by atoms with Gasteiger partial charge in [0.15, 0.2) is 5.82 Å². The number of rotatable bonds is 5. The largest absolute Gasteiger partial charge is 0.360 e. The van der Waals surface area contributed by atoms with Crippen LogP contribution < -0.4 is 5.32 Å². The van der Waals surface area contributed by atoms with Crippen LogP contribution in [0.1, 0.15) is 48.2 Å². The van der Waals surface area contributed by atoms with Crippen LogP contribution in [0, 0.1) is 6.92 Å². The lowest BCUT2D eigenvalue weighted by molar-refractivity contribution is -0.117. The van der Waals surface area contributed by atoms with Crippen molar-refractivity contribution in [2.24, 2.45) is 0 Å². The van der Waals surface area contributed by atoms with E-state index in [1.165, 1.54) is 6.42 Å². The summed E-state index contributed by atoms with van der Waals surface area (Å²) in [7, 11) is 0. The van der Waals surface area contributed by atoms with Crippen LogP contribution in [-0.2, 0) is 4.79 Å². The lowest BCUT2D eigenvalue weighted by Crippen LogP contribution is -2.45. The van der Waals surface area contributed by atoms with Gasteiger partial charge >= 0.3 is 0 Å². The topological polar surface area (TPSA) is 75.4 Å². The minimum Gasteiger partial charge on any atom is -0.360 e. The van der Waals surface area contributed by atoms with Crippen LogP contribution in [-0.4, -0.2) is 34.5 Å². The highest BCUT2D eigenvalue weighted by Crippen LogP contribution is 2.25. The summed E-state index contributed by atoms with van der Waals surface area (Å²) in [5.41, 5.74) is 0.579. The lowest BCUT2D eigenvalue weighted by atomic mass is 9.93. The van der Waals surface area contributed by atoms with Crippen LogP contribution in [0.15, 0.2) is 39.3 Å². The van der Waals surface area contributed by atoms with E-state index < -0.39 is 0 Å². The second-order valence-electron chi connectivity index (χ2n) is 6.61. The molecule has 26 heavy (non-hydrogen) atoms. The van der Waals surface area contributed by atoms with Gasteiger partial charge in [-0.05, 0) is 38.0 Å². The van der Waals surface area contributed by atoms with Crippen molar-refractivity contribution >= 4 is 33.6 Å². The Hall–Kier alpha value is -2.15. The van der Waals surface area contributed by atoms with Gasteiger partial charge in [-0.3, -0.25) is 9.59 Å². The number of aromatic nitrogens is 1. The van der Waals surface area contributed by atoms with Crippen molar-refractivity contribution in [2.45, 2.75) is 45.1 Å². The molecule has 1 aromatic heterocycles. The molecule has 1 fully saturated rings. The highest BCUT2D eigenvalue weighted by atomic mass is 79.9. The van der Waals surface area contributed by atoms with Crippen molar-refractivity contribution in [1.29, 1.82) is 0 Å². The minimum atomic E-state index is -0.271. The van der Waals surface area contributed by atoms with E-state index in [2.05, 4.69) is 26.4 Å². The van der Waals surface area contributed by atoms with E-state index in [9.17, 15) is 9.59 Å². The van der Waals surface area contributed by atoms with E-state index in [4.69, 9.17) is 4.52 Å². The number of nitrogens with zero attached hydrogens (tertiary/aromatic N) is 2. The SMILES string of the molecule is Cc1cc(NC(=O)CN(C(=O)c2cccc(Br)c2)C2CCCCC2)no1. The Morgan fingerprint density at radius 3 is 2.69 bits per heavy atom. The maximum Gasteiger partial charge on any atom is 0.254 e. The number of anilines is 1. The monoisotopic (exact) mass is 419 g/mol. The molecule has 0 spiro atoms. The highest BCUT2D eigenvalue weighted by Gasteiger charge is 2.28. The van der Waals surface area contributed by atoms with Crippen LogP contribution in [0.3, 0.4) is 0 Å². The molecule has 0 bridgehead atoms. The summed E-state index contributed by atoms with van der Waals surface area (Å²) in [5.74, 6) is 0.595. The van der Waals surface area contributed by atoms with Gasteiger partial charge in [0.2, 0.25) is 5.91 Å². The molecule has 1 aliphatic carbocycles. The maximum absolute atomic E-state index is 13.1.